The topological polar surface area (TPSA) is 71.5 Å². The molecule has 8 heteroatoms. The molecule has 2 aromatic rings. The first-order valence-electron chi connectivity index (χ1n) is 8.57. The monoisotopic (exact) mass is 381 g/mol. The van der Waals surface area contributed by atoms with Crippen LogP contribution >= 0.6 is 11.3 Å². The van der Waals surface area contributed by atoms with Gasteiger partial charge in [0.1, 0.15) is 11.9 Å². The molecule has 2 amide bonds. The lowest BCUT2D eigenvalue weighted by Crippen LogP contribution is -2.51. The minimum absolute atomic E-state index is 0.136. The standard InChI is InChI=1S/C18H24FN3O3S/c1-6-22(17-20-13-8-7-12(19)9-14(13)26-17)16(23)15(10(2)3)21-18(24)25-11(4)5/h7-11,15H,6H2,1-5H3,(H,21,24). The van der Waals surface area contributed by atoms with Crippen LogP contribution in [0.5, 0.6) is 0 Å². The normalized spacial score (nSPS) is 12.5. The first-order chi connectivity index (χ1) is 12.2. The number of carbonyl (C=O) groups excluding carboxylic acids is 2. The van der Waals surface area contributed by atoms with Gasteiger partial charge >= 0.3 is 6.09 Å². The van der Waals surface area contributed by atoms with Gasteiger partial charge in [-0.3, -0.25) is 9.69 Å². The number of aromatic nitrogens is 1. The first kappa shape index (κ1) is 20.1. The van der Waals surface area contributed by atoms with Gasteiger partial charge in [-0.15, -0.1) is 0 Å². The highest BCUT2D eigenvalue weighted by atomic mass is 32.1. The number of nitrogens with one attached hydrogen (secondary N) is 1. The van der Waals surface area contributed by atoms with Crippen molar-refractivity contribution in [1.82, 2.24) is 10.3 Å². The number of halogens is 1. The molecule has 0 saturated carbocycles. The van der Waals surface area contributed by atoms with Gasteiger partial charge in [0.25, 0.3) is 5.91 Å². The van der Waals surface area contributed by atoms with Crippen molar-refractivity contribution in [1.29, 1.82) is 0 Å². The minimum atomic E-state index is -0.745. The number of thiazole rings is 1. The van der Waals surface area contributed by atoms with Gasteiger partial charge in [-0.2, -0.15) is 0 Å². The van der Waals surface area contributed by atoms with Crippen molar-refractivity contribution in [3.8, 4) is 0 Å². The Morgan fingerprint density at radius 1 is 1.31 bits per heavy atom. The number of hydrogen-bond acceptors (Lipinski definition) is 5. The predicted molar refractivity (Wildman–Crippen MR) is 101 cm³/mol. The third-order valence-electron chi connectivity index (χ3n) is 3.70. The van der Waals surface area contributed by atoms with Gasteiger partial charge < -0.3 is 10.1 Å². The van der Waals surface area contributed by atoms with Crippen LogP contribution in [0.3, 0.4) is 0 Å². The van der Waals surface area contributed by atoms with Crippen LogP contribution < -0.4 is 10.2 Å². The second-order valence-corrected chi connectivity index (χ2v) is 7.52. The maximum atomic E-state index is 13.4. The van der Waals surface area contributed by atoms with Crippen molar-refractivity contribution in [3.05, 3.63) is 24.0 Å². The summed E-state index contributed by atoms with van der Waals surface area (Å²) in [4.78, 5) is 30.9. The molecule has 1 unspecified atom stereocenters. The Labute approximate surface area is 156 Å². The number of nitrogens with zero attached hydrogens (tertiary/aromatic N) is 2. The Balaban J connectivity index is 2.26. The molecule has 1 atom stereocenters. The third-order valence-corrected chi connectivity index (χ3v) is 4.74. The highest BCUT2D eigenvalue weighted by Gasteiger charge is 2.31. The van der Waals surface area contributed by atoms with E-state index in [-0.39, 0.29) is 23.7 Å². The summed E-state index contributed by atoms with van der Waals surface area (Å²) < 4.78 is 19.2. The van der Waals surface area contributed by atoms with Crippen LogP contribution in [-0.2, 0) is 9.53 Å². The summed E-state index contributed by atoms with van der Waals surface area (Å²) >= 11 is 1.24. The fourth-order valence-corrected chi connectivity index (χ4v) is 3.50. The van der Waals surface area contributed by atoms with Crippen molar-refractivity contribution >= 4 is 38.7 Å². The number of fused-ring (bicyclic) bond motifs is 1. The third kappa shape index (κ3) is 4.69. The van der Waals surface area contributed by atoms with Crippen LogP contribution in [0.15, 0.2) is 18.2 Å². The van der Waals surface area contributed by atoms with Crippen molar-refractivity contribution in [2.45, 2.75) is 46.8 Å². The second kappa shape index (κ2) is 8.44. The molecule has 0 saturated heterocycles. The van der Waals surface area contributed by atoms with Crippen molar-refractivity contribution in [2.75, 3.05) is 11.4 Å². The summed E-state index contributed by atoms with van der Waals surface area (Å²) in [7, 11) is 0. The van der Waals surface area contributed by atoms with E-state index in [9.17, 15) is 14.0 Å². The summed E-state index contributed by atoms with van der Waals surface area (Å²) in [5.74, 6) is -0.758. The van der Waals surface area contributed by atoms with Gasteiger partial charge in [0.05, 0.1) is 16.3 Å². The molecule has 2 rings (SSSR count). The van der Waals surface area contributed by atoms with Gasteiger partial charge in [0, 0.05) is 6.54 Å². The van der Waals surface area contributed by atoms with Crippen LogP contribution in [-0.4, -0.2) is 35.7 Å². The van der Waals surface area contributed by atoms with Crippen molar-refractivity contribution < 1.29 is 18.7 Å². The molecule has 1 heterocycles. The second-order valence-electron chi connectivity index (χ2n) is 6.51. The highest BCUT2D eigenvalue weighted by Crippen LogP contribution is 2.30. The van der Waals surface area contributed by atoms with Gasteiger partial charge in [-0.1, -0.05) is 25.2 Å². The van der Waals surface area contributed by atoms with E-state index in [0.29, 0.717) is 21.9 Å². The van der Waals surface area contributed by atoms with E-state index >= 15 is 0 Å². The molecule has 0 aliphatic heterocycles. The van der Waals surface area contributed by atoms with E-state index in [0.717, 1.165) is 0 Å². The quantitative estimate of drug-likeness (QED) is 0.822. The van der Waals surface area contributed by atoms with Crippen LogP contribution in [0.4, 0.5) is 14.3 Å². The Morgan fingerprint density at radius 2 is 2.00 bits per heavy atom. The molecule has 142 valence electrons. The molecule has 0 radical (unpaired) electrons. The molecule has 1 aromatic carbocycles. The fourth-order valence-electron chi connectivity index (χ4n) is 2.44. The molecule has 0 spiro atoms. The summed E-state index contributed by atoms with van der Waals surface area (Å²) in [5.41, 5.74) is 0.630. The number of anilines is 1. The lowest BCUT2D eigenvalue weighted by atomic mass is 10.0. The first-order valence-corrected chi connectivity index (χ1v) is 9.39. The Kier molecular flexibility index (Phi) is 6.52. The Bertz CT molecular complexity index is 791. The van der Waals surface area contributed by atoms with Gasteiger partial charge in [0.15, 0.2) is 5.13 Å². The summed E-state index contributed by atoms with van der Waals surface area (Å²) in [6, 6.07) is 3.57. The van der Waals surface area contributed by atoms with E-state index in [1.807, 2.05) is 20.8 Å². The number of carbonyl (C=O) groups is 2. The summed E-state index contributed by atoms with van der Waals surface area (Å²) in [6.07, 6.45) is -0.908. The van der Waals surface area contributed by atoms with Crippen LogP contribution in [0.2, 0.25) is 0 Å². The number of ether oxygens (including phenoxy) is 1. The molecule has 26 heavy (non-hydrogen) atoms. The van der Waals surface area contributed by atoms with Gasteiger partial charge in [0.2, 0.25) is 0 Å². The van der Waals surface area contributed by atoms with Gasteiger partial charge in [-0.25, -0.2) is 14.2 Å². The summed E-state index contributed by atoms with van der Waals surface area (Å²) in [5, 5.41) is 3.11. The number of alkyl carbamates (subject to hydrolysis) is 1. The number of likely N-dealkylation sites (N-methyl/N-ethyl adjacent to an activating group) is 1. The fraction of sp³-hybridized carbons (Fsp3) is 0.500. The SMILES string of the molecule is CCN(C(=O)C(NC(=O)OC(C)C)C(C)C)c1nc2ccc(F)cc2s1. The van der Waals surface area contributed by atoms with E-state index in [1.165, 1.54) is 28.4 Å². The predicted octanol–water partition coefficient (Wildman–Crippen LogP) is 3.95. The average molecular weight is 381 g/mol. The molecule has 0 fully saturated rings. The molecule has 1 aromatic heterocycles. The molecule has 0 aliphatic rings. The average Bonchev–Trinajstić information content (AvgIpc) is 2.94. The van der Waals surface area contributed by atoms with Crippen molar-refractivity contribution in [3.63, 3.8) is 0 Å². The number of benzene rings is 1. The number of rotatable bonds is 6. The molecular weight excluding hydrogens is 357 g/mol. The smallest absolute Gasteiger partial charge is 0.408 e. The molecule has 0 aliphatic carbocycles. The lowest BCUT2D eigenvalue weighted by Gasteiger charge is -2.27. The highest BCUT2D eigenvalue weighted by molar-refractivity contribution is 7.22. The van der Waals surface area contributed by atoms with E-state index in [1.54, 1.807) is 19.9 Å². The molecule has 6 nitrogen and oxygen atoms in total. The van der Waals surface area contributed by atoms with Crippen LogP contribution in [0.1, 0.15) is 34.6 Å². The Hall–Kier alpha value is -2.22. The zero-order chi connectivity index (χ0) is 19.4. The molecule has 0 bridgehead atoms. The summed E-state index contributed by atoms with van der Waals surface area (Å²) in [6.45, 7) is 9.38. The van der Waals surface area contributed by atoms with Crippen molar-refractivity contribution in [2.24, 2.45) is 5.92 Å². The molecule has 1 N–H and O–H groups in total. The largest absolute Gasteiger partial charge is 0.447 e. The van der Waals surface area contributed by atoms with Crippen LogP contribution in [0.25, 0.3) is 10.2 Å². The lowest BCUT2D eigenvalue weighted by molar-refractivity contribution is -0.121. The van der Waals surface area contributed by atoms with E-state index < -0.39 is 12.1 Å². The molecular formula is C18H24FN3O3S. The number of amides is 2. The zero-order valence-corrected chi connectivity index (χ0v) is 16.4. The maximum Gasteiger partial charge on any atom is 0.408 e. The van der Waals surface area contributed by atoms with Crippen LogP contribution in [0, 0.1) is 11.7 Å². The Morgan fingerprint density at radius 3 is 2.58 bits per heavy atom. The maximum absolute atomic E-state index is 13.4. The van der Waals surface area contributed by atoms with Gasteiger partial charge in [-0.05, 0) is 44.9 Å². The zero-order valence-electron chi connectivity index (χ0n) is 15.6. The van der Waals surface area contributed by atoms with E-state index in [2.05, 4.69) is 10.3 Å². The number of hydrogen-bond donors (Lipinski definition) is 1. The van der Waals surface area contributed by atoms with E-state index in [4.69, 9.17) is 4.74 Å². The minimum Gasteiger partial charge on any atom is -0.447 e.